The first kappa shape index (κ1) is 14.6. The fraction of sp³-hybridized carbons (Fsp3) is 0.125. The van der Waals surface area contributed by atoms with Crippen LogP contribution >= 0.6 is 11.6 Å². The summed E-state index contributed by atoms with van der Waals surface area (Å²) >= 11 is 5.94. The largest absolute Gasteiger partial charge is 0.368 e. The van der Waals surface area contributed by atoms with Crippen molar-refractivity contribution >= 4 is 11.6 Å². The maximum Gasteiger partial charge on any atom is 0.346 e. The van der Waals surface area contributed by atoms with Crippen molar-refractivity contribution in [2.24, 2.45) is 0 Å². The van der Waals surface area contributed by atoms with Crippen LogP contribution in [0, 0.1) is 0 Å². The van der Waals surface area contributed by atoms with Gasteiger partial charge in [0.1, 0.15) is 25.2 Å². The van der Waals surface area contributed by atoms with E-state index in [4.69, 9.17) is 16.3 Å². The molecule has 1 aromatic carbocycles. The Kier molecular flexibility index (Phi) is 4.68. The summed E-state index contributed by atoms with van der Waals surface area (Å²) in [6.07, 6.45) is 10.4. The number of hydrogen-bond acceptors (Lipinski definition) is 4. The Hall–Kier alpha value is -2.37. The molecule has 0 N–H and O–H groups in total. The van der Waals surface area contributed by atoms with E-state index in [2.05, 4.69) is 15.0 Å². The lowest BCUT2D eigenvalue weighted by Crippen LogP contribution is -2.31. The average Bonchev–Trinajstić information content (AvgIpc) is 2.56. The van der Waals surface area contributed by atoms with Gasteiger partial charge in [-0.2, -0.15) is 4.57 Å². The molecule has 5 nitrogen and oxygen atoms in total. The van der Waals surface area contributed by atoms with Gasteiger partial charge >= 0.3 is 5.82 Å². The molecule has 0 unspecified atom stereocenters. The van der Waals surface area contributed by atoms with E-state index in [1.54, 1.807) is 24.8 Å². The van der Waals surface area contributed by atoms with Gasteiger partial charge in [0.15, 0.2) is 5.69 Å². The molecule has 22 heavy (non-hydrogen) atoms. The van der Waals surface area contributed by atoms with Crippen LogP contribution in [-0.2, 0) is 18.0 Å². The van der Waals surface area contributed by atoms with Gasteiger partial charge in [-0.05, 0) is 22.7 Å². The zero-order valence-corrected chi connectivity index (χ0v) is 12.5. The quantitative estimate of drug-likeness (QED) is 0.679. The molecule has 2 aromatic heterocycles. The molecule has 3 rings (SSSR count). The Morgan fingerprint density at radius 1 is 1.05 bits per heavy atom. The Labute approximate surface area is 133 Å². The summed E-state index contributed by atoms with van der Waals surface area (Å²) in [4.78, 5) is 12.7. The van der Waals surface area contributed by atoms with Crippen LogP contribution in [0.5, 0.6) is 0 Å². The average molecular weight is 314 g/mol. The van der Waals surface area contributed by atoms with Crippen LogP contribution in [0.1, 0.15) is 11.3 Å². The van der Waals surface area contributed by atoms with E-state index in [9.17, 15) is 0 Å². The molecule has 0 saturated carbocycles. The minimum absolute atomic E-state index is 0.388. The summed E-state index contributed by atoms with van der Waals surface area (Å²) in [5, 5.41) is 0.706. The SMILES string of the molecule is Clc1cccc(COCc2cncc(-[n+]3ccncc3)n2)c1. The molecule has 0 aliphatic rings. The molecule has 0 aliphatic heterocycles. The molecule has 3 aromatic rings. The number of nitrogens with zero attached hydrogens (tertiary/aromatic N) is 4. The maximum atomic E-state index is 5.94. The second kappa shape index (κ2) is 7.06. The summed E-state index contributed by atoms with van der Waals surface area (Å²) in [7, 11) is 0. The molecule has 0 amide bonds. The second-order valence-corrected chi connectivity index (χ2v) is 5.08. The molecule has 2 heterocycles. The summed E-state index contributed by atoms with van der Waals surface area (Å²) in [6, 6.07) is 7.60. The monoisotopic (exact) mass is 313 g/mol. The summed E-state index contributed by atoms with van der Waals surface area (Å²) in [6.45, 7) is 0.869. The molecule has 0 fully saturated rings. The van der Waals surface area contributed by atoms with Crippen LogP contribution in [0.2, 0.25) is 5.02 Å². The minimum atomic E-state index is 0.388. The van der Waals surface area contributed by atoms with Crippen molar-refractivity contribution in [3.8, 4) is 5.82 Å². The van der Waals surface area contributed by atoms with Crippen LogP contribution in [-0.4, -0.2) is 15.0 Å². The zero-order chi connectivity index (χ0) is 15.2. The van der Waals surface area contributed by atoms with Crippen molar-refractivity contribution in [3.05, 3.63) is 77.7 Å². The van der Waals surface area contributed by atoms with Crippen molar-refractivity contribution in [2.45, 2.75) is 13.2 Å². The van der Waals surface area contributed by atoms with Crippen molar-refractivity contribution in [2.75, 3.05) is 0 Å². The lowest BCUT2D eigenvalue weighted by molar-refractivity contribution is -0.600. The Morgan fingerprint density at radius 3 is 2.73 bits per heavy atom. The molecule has 0 spiro atoms. The normalized spacial score (nSPS) is 10.6. The van der Waals surface area contributed by atoms with Gasteiger partial charge in [0.05, 0.1) is 25.2 Å². The first-order valence-electron chi connectivity index (χ1n) is 6.76. The molecule has 6 heteroatoms. The molecule has 0 atom stereocenters. The first-order valence-corrected chi connectivity index (χ1v) is 7.14. The highest BCUT2D eigenvalue weighted by Gasteiger charge is 2.10. The molecular formula is C16H14ClN4O+. The van der Waals surface area contributed by atoms with Crippen molar-refractivity contribution in [1.82, 2.24) is 15.0 Å². The van der Waals surface area contributed by atoms with Gasteiger partial charge in [-0.1, -0.05) is 23.7 Å². The minimum Gasteiger partial charge on any atom is -0.368 e. The van der Waals surface area contributed by atoms with Gasteiger partial charge < -0.3 is 4.74 Å². The third kappa shape index (κ3) is 3.84. The third-order valence-electron chi connectivity index (χ3n) is 2.97. The topological polar surface area (TPSA) is 51.8 Å². The van der Waals surface area contributed by atoms with Gasteiger partial charge in [-0.3, -0.25) is 9.97 Å². The van der Waals surface area contributed by atoms with E-state index in [0.29, 0.717) is 18.2 Å². The lowest BCUT2D eigenvalue weighted by atomic mass is 10.2. The van der Waals surface area contributed by atoms with Gasteiger partial charge in [0.2, 0.25) is 0 Å². The Bertz CT molecular complexity index is 752. The second-order valence-electron chi connectivity index (χ2n) is 4.64. The lowest BCUT2D eigenvalue weighted by Gasteiger charge is -2.02. The standard InChI is InChI=1S/C16H14ClN4O/c17-14-3-1-2-13(8-14)11-22-12-15-9-19-10-16(20-15)21-6-4-18-5-7-21/h1-10H,11-12H2/q+1. The molecule has 110 valence electrons. The number of aromatic nitrogens is 4. The van der Waals surface area contributed by atoms with Crippen molar-refractivity contribution in [3.63, 3.8) is 0 Å². The van der Waals surface area contributed by atoms with E-state index in [1.165, 1.54) is 0 Å². The highest BCUT2D eigenvalue weighted by molar-refractivity contribution is 6.30. The van der Waals surface area contributed by atoms with Crippen LogP contribution in [0.25, 0.3) is 5.82 Å². The first-order chi connectivity index (χ1) is 10.8. The highest BCUT2D eigenvalue weighted by Crippen LogP contribution is 2.12. The number of hydrogen-bond donors (Lipinski definition) is 0. The van der Waals surface area contributed by atoms with E-state index in [-0.39, 0.29) is 0 Å². The van der Waals surface area contributed by atoms with Crippen molar-refractivity contribution < 1.29 is 9.30 Å². The van der Waals surface area contributed by atoms with Crippen LogP contribution in [0.15, 0.2) is 61.4 Å². The predicted molar refractivity (Wildman–Crippen MR) is 81.3 cm³/mol. The third-order valence-corrected chi connectivity index (χ3v) is 3.21. The van der Waals surface area contributed by atoms with E-state index in [1.807, 2.05) is 41.2 Å². The summed E-state index contributed by atoms with van der Waals surface area (Å²) < 4.78 is 7.52. The summed E-state index contributed by atoms with van der Waals surface area (Å²) in [5.74, 6) is 0.728. The van der Waals surface area contributed by atoms with Gasteiger partial charge in [-0.15, -0.1) is 0 Å². The highest BCUT2D eigenvalue weighted by atomic mass is 35.5. The number of benzene rings is 1. The summed E-state index contributed by atoms with van der Waals surface area (Å²) in [5.41, 5.74) is 1.80. The molecule has 0 aliphatic carbocycles. The van der Waals surface area contributed by atoms with E-state index in [0.717, 1.165) is 17.1 Å². The molecule has 0 radical (unpaired) electrons. The van der Waals surface area contributed by atoms with Crippen LogP contribution < -0.4 is 4.57 Å². The maximum absolute atomic E-state index is 5.94. The number of ether oxygens (including phenoxy) is 1. The Morgan fingerprint density at radius 2 is 1.91 bits per heavy atom. The number of rotatable bonds is 5. The number of halogens is 1. The van der Waals surface area contributed by atoms with Crippen LogP contribution in [0.3, 0.4) is 0 Å². The molecule has 0 saturated heterocycles. The zero-order valence-electron chi connectivity index (χ0n) is 11.8. The fourth-order valence-corrected chi connectivity index (χ4v) is 2.17. The molecule has 0 bridgehead atoms. The van der Waals surface area contributed by atoms with E-state index < -0.39 is 0 Å². The van der Waals surface area contributed by atoms with Gasteiger partial charge in [-0.25, -0.2) is 0 Å². The predicted octanol–water partition coefficient (Wildman–Crippen LogP) is 2.52. The fourth-order valence-electron chi connectivity index (χ4n) is 1.96. The van der Waals surface area contributed by atoms with Crippen LogP contribution in [0.4, 0.5) is 0 Å². The van der Waals surface area contributed by atoms with Gasteiger partial charge in [0, 0.05) is 5.02 Å². The van der Waals surface area contributed by atoms with E-state index >= 15 is 0 Å². The van der Waals surface area contributed by atoms with Gasteiger partial charge in [0.25, 0.3) is 0 Å². The smallest absolute Gasteiger partial charge is 0.346 e. The molecular weight excluding hydrogens is 300 g/mol. The Balaban J connectivity index is 1.64. The van der Waals surface area contributed by atoms with Crippen molar-refractivity contribution in [1.29, 1.82) is 0 Å².